The molecule has 4 fully saturated rings. The molecule has 1 N–H and O–H groups in total. The minimum Gasteiger partial charge on any atom is -0.489 e. The first kappa shape index (κ1) is 25.9. The Bertz CT molecular complexity index is 1380. The molecule has 4 bridgehead atoms. The summed E-state index contributed by atoms with van der Waals surface area (Å²) in [6, 6.07) is 24.9. The van der Waals surface area contributed by atoms with E-state index >= 15 is 0 Å². The van der Waals surface area contributed by atoms with Crippen molar-refractivity contribution in [2.75, 3.05) is 22.4 Å². The predicted octanol–water partition coefficient (Wildman–Crippen LogP) is 6.14. The molecule has 0 heterocycles. The molecule has 3 aromatic carbocycles. The maximum absolute atomic E-state index is 12.9. The Labute approximate surface area is 231 Å². The molecule has 3 aromatic rings. The largest absolute Gasteiger partial charge is 0.489 e. The highest BCUT2D eigenvalue weighted by Crippen LogP contribution is 2.60. The normalized spacial score (nSPS) is 25.3. The van der Waals surface area contributed by atoms with E-state index in [9.17, 15) is 13.2 Å². The van der Waals surface area contributed by atoms with Crippen LogP contribution in [0.3, 0.4) is 0 Å². The van der Waals surface area contributed by atoms with E-state index in [1.54, 1.807) is 24.3 Å². The number of hydrogen-bond donors (Lipinski definition) is 1. The zero-order valence-corrected chi connectivity index (χ0v) is 23.2. The first-order chi connectivity index (χ1) is 18.8. The average Bonchev–Trinajstić information content (AvgIpc) is 2.91. The van der Waals surface area contributed by atoms with Crippen LogP contribution in [0.5, 0.6) is 5.75 Å². The molecule has 0 atom stereocenters. The fraction of sp³-hybridized carbons (Fsp3) is 0.406. The summed E-state index contributed by atoms with van der Waals surface area (Å²) >= 11 is 0. The van der Waals surface area contributed by atoms with Crippen LogP contribution in [0.4, 0.5) is 11.4 Å². The molecule has 4 saturated carbocycles. The van der Waals surface area contributed by atoms with Gasteiger partial charge in [0.2, 0.25) is 15.9 Å². The maximum Gasteiger partial charge on any atom is 0.245 e. The van der Waals surface area contributed by atoms with E-state index in [4.69, 9.17) is 4.74 Å². The van der Waals surface area contributed by atoms with Crippen LogP contribution < -0.4 is 14.4 Å². The fourth-order valence-corrected chi connectivity index (χ4v) is 8.41. The van der Waals surface area contributed by atoms with Crippen molar-refractivity contribution in [2.24, 2.45) is 17.8 Å². The number of ether oxygens (including phenoxy) is 1. The predicted molar refractivity (Wildman–Crippen MR) is 154 cm³/mol. The molecule has 0 unspecified atom stereocenters. The minimum absolute atomic E-state index is 0.248. The number of amides is 1. The van der Waals surface area contributed by atoms with Gasteiger partial charge in [-0.05, 0) is 109 Å². The van der Waals surface area contributed by atoms with Crippen molar-refractivity contribution in [1.29, 1.82) is 0 Å². The molecule has 4 aliphatic rings. The highest BCUT2D eigenvalue weighted by Gasteiger charge is 2.51. The molecule has 1 amide bonds. The Morgan fingerprint density at radius 1 is 0.872 bits per heavy atom. The van der Waals surface area contributed by atoms with E-state index in [0.29, 0.717) is 23.7 Å². The maximum atomic E-state index is 12.9. The van der Waals surface area contributed by atoms with Crippen LogP contribution in [0.15, 0.2) is 78.9 Å². The third kappa shape index (κ3) is 5.69. The van der Waals surface area contributed by atoms with Gasteiger partial charge in [0.25, 0.3) is 0 Å². The summed E-state index contributed by atoms with van der Waals surface area (Å²) in [4.78, 5) is 12.9. The lowest BCUT2D eigenvalue weighted by Crippen LogP contribution is -2.48. The topological polar surface area (TPSA) is 75.7 Å². The van der Waals surface area contributed by atoms with E-state index < -0.39 is 15.9 Å². The Morgan fingerprint density at radius 2 is 1.46 bits per heavy atom. The van der Waals surface area contributed by atoms with Crippen molar-refractivity contribution in [3.63, 3.8) is 0 Å². The molecule has 39 heavy (non-hydrogen) atoms. The van der Waals surface area contributed by atoms with Crippen molar-refractivity contribution >= 4 is 27.3 Å². The number of benzene rings is 3. The Hall–Kier alpha value is -3.32. The highest BCUT2D eigenvalue weighted by molar-refractivity contribution is 7.92. The summed E-state index contributed by atoms with van der Waals surface area (Å²) in [5.74, 6) is 2.82. The van der Waals surface area contributed by atoms with Gasteiger partial charge in [-0.3, -0.25) is 9.10 Å². The van der Waals surface area contributed by atoms with Crippen molar-refractivity contribution in [1.82, 2.24) is 0 Å². The molecule has 7 heteroatoms. The second-order valence-corrected chi connectivity index (χ2v) is 13.8. The van der Waals surface area contributed by atoms with Crippen LogP contribution in [-0.2, 0) is 26.8 Å². The van der Waals surface area contributed by atoms with Gasteiger partial charge in [0, 0.05) is 5.69 Å². The van der Waals surface area contributed by atoms with Gasteiger partial charge in [-0.1, -0.05) is 42.5 Å². The summed E-state index contributed by atoms with van der Waals surface area (Å²) < 4.78 is 32.4. The van der Waals surface area contributed by atoms with Gasteiger partial charge in [-0.25, -0.2) is 8.42 Å². The van der Waals surface area contributed by atoms with Gasteiger partial charge in [0.15, 0.2) is 0 Å². The molecular weight excluding hydrogens is 508 g/mol. The van der Waals surface area contributed by atoms with Gasteiger partial charge in [0.05, 0.1) is 11.9 Å². The van der Waals surface area contributed by atoms with E-state index in [1.165, 1.54) is 48.4 Å². The molecule has 4 aliphatic carbocycles. The average molecular weight is 545 g/mol. The van der Waals surface area contributed by atoms with Crippen LogP contribution in [0, 0.1) is 17.8 Å². The second-order valence-electron chi connectivity index (χ2n) is 11.9. The van der Waals surface area contributed by atoms with Crippen molar-refractivity contribution in [2.45, 2.75) is 50.5 Å². The molecular formula is C32H36N2O4S. The summed E-state index contributed by atoms with van der Waals surface area (Å²) in [6.45, 7) is 0.166. The van der Waals surface area contributed by atoms with Crippen LogP contribution in [-0.4, -0.2) is 27.1 Å². The smallest absolute Gasteiger partial charge is 0.245 e. The van der Waals surface area contributed by atoms with Crippen LogP contribution in [0.25, 0.3) is 0 Å². The standard InChI is InChI=1S/C32H36N2O4S/c1-39(36,37)34(21-31(35)33-28-9-13-30(14-10-28)38-22-23-5-3-2-4-6-23)29-11-7-27(8-12-29)32-18-24-15-25(19-32)17-26(16-24)20-32/h2-14,24-26H,15-22H2,1H3,(H,33,35). The summed E-state index contributed by atoms with van der Waals surface area (Å²) in [5.41, 5.74) is 3.75. The van der Waals surface area contributed by atoms with Gasteiger partial charge in [-0.2, -0.15) is 0 Å². The van der Waals surface area contributed by atoms with E-state index in [-0.39, 0.29) is 12.0 Å². The molecule has 7 rings (SSSR count). The first-order valence-electron chi connectivity index (χ1n) is 13.9. The third-order valence-electron chi connectivity index (χ3n) is 8.88. The first-order valence-corrected chi connectivity index (χ1v) is 15.8. The Kier molecular flexibility index (Phi) is 6.88. The molecule has 0 aliphatic heterocycles. The Balaban J connectivity index is 1.10. The fourth-order valence-electron chi connectivity index (χ4n) is 7.55. The molecule has 6 nitrogen and oxygen atoms in total. The van der Waals surface area contributed by atoms with Crippen LogP contribution >= 0.6 is 0 Å². The number of nitrogens with one attached hydrogen (secondary N) is 1. The van der Waals surface area contributed by atoms with E-state index in [2.05, 4.69) is 17.4 Å². The second kappa shape index (κ2) is 10.3. The van der Waals surface area contributed by atoms with Crippen molar-refractivity contribution < 1.29 is 17.9 Å². The zero-order valence-electron chi connectivity index (χ0n) is 22.4. The lowest BCUT2D eigenvalue weighted by Gasteiger charge is -2.57. The number of sulfonamides is 1. The van der Waals surface area contributed by atoms with Crippen LogP contribution in [0.1, 0.15) is 49.7 Å². The Morgan fingerprint density at radius 3 is 2.03 bits per heavy atom. The lowest BCUT2D eigenvalue weighted by atomic mass is 9.48. The molecule has 0 radical (unpaired) electrons. The van der Waals surface area contributed by atoms with E-state index in [1.807, 2.05) is 42.5 Å². The molecule has 0 saturated heterocycles. The van der Waals surface area contributed by atoms with E-state index in [0.717, 1.165) is 29.6 Å². The van der Waals surface area contributed by atoms with Crippen molar-refractivity contribution in [3.05, 3.63) is 90.0 Å². The number of anilines is 2. The summed E-state index contributed by atoms with van der Waals surface area (Å²) in [5, 5.41) is 2.82. The lowest BCUT2D eigenvalue weighted by molar-refractivity contribution is -0.114. The van der Waals surface area contributed by atoms with Crippen LogP contribution in [0.2, 0.25) is 0 Å². The number of carbonyl (C=O) groups excluding carboxylic acids is 1. The van der Waals surface area contributed by atoms with Gasteiger partial charge in [-0.15, -0.1) is 0 Å². The van der Waals surface area contributed by atoms with Gasteiger partial charge < -0.3 is 10.1 Å². The molecule has 0 spiro atoms. The summed E-state index contributed by atoms with van der Waals surface area (Å²) in [6.07, 6.45) is 9.07. The zero-order chi connectivity index (χ0) is 27.0. The quantitative estimate of drug-likeness (QED) is 0.351. The third-order valence-corrected chi connectivity index (χ3v) is 10.0. The minimum atomic E-state index is -3.65. The molecule has 0 aromatic heterocycles. The number of hydrogen-bond acceptors (Lipinski definition) is 4. The summed E-state index contributed by atoms with van der Waals surface area (Å²) in [7, 11) is -3.65. The number of rotatable bonds is 9. The number of carbonyl (C=O) groups is 1. The highest BCUT2D eigenvalue weighted by atomic mass is 32.2. The van der Waals surface area contributed by atoms with Gasteiger partial charge in [0.1, 0.15) is 18.9 Å². The molecule has 204 valence electrons. The SMILES string of the molecule is CS(=O)(=O)N(CC(=O)Nc1ccc(OCc2ccccc2)cc1)c1ccc(C23CC4CC(CC(C4)C2)C3)cc1. The van der Waals surface area contributed by atoms with Crippen molar-refractivity contribution in [3.8, 4) is 5.75 Å². The van der Waals surface area contributed by atoms with Gasteiger partial charge >= 0.3 is 0 Å². The monoisotopic (exact) mass is 544 g/mol. The number of nitrogens with zero attached hydrogens (tertiary/aromatic N) is 1.